The molecule has 0 bridgehead atoms. The fourth-order valence-electron chi connectivity index (χ4n) is 3.26. The molecule has 0 radical (unpaired) electrons. The molecule has 1 fully saturated rings. The molecule has 24 heavy (non-hydrogen) atoms. The molecule has 0 unspecified atom stereocenters. The van der Waals surface area contributed by atoms with E-state index in [9.17, 15) is 0 Å². The van der Waals surface area contributed by atoms with Crippen LogP contribution < -0.4 is 15.0 Å². The number of aromatic nitrogens is 3. The maximum atomic E-state index is 6.26. The Kier molecular flexibility index (Phi) is 4.43. The van der Waals surface area contributed by atoms with Crippen molar-refractivity contribution >= 4 is 29.0 Å². The minimum atomic E-state index is 0.111. The third-order valence-corrected chi connectivity index (χ3v) is 4.89. The third-order valence-electron chi connectivity index (χ3n) is 4.49. The Balaban J connectivity index is 1.42. The molecule has 3 heterocycles. The minimum absolute atomic E-state index is 0.111. The smallest absolute Gasteiger partial charge is 0.245 e. The molecule has 0 atom stereocenters. The molecule has 0 saturated carbocycles. The number of halogens is 2. The van der Waals surface area contributed by atoms with Crippen LogP contribution in [-0.2, 0) is 13.1 Å². The molecule has 126 valence electrons. The van der Waals surface area contributed by atoms with E-state index in [0.717, 1.165) is 44.8 Å². The maximum absolute atomic E-state index is 6.26. The SMILES string of the molecule is Clc1nnc(Cl)c(N2CCC(Oc3cccc4c3CNC4)CC2)n1. The van der Waals surface area contributed by atoms with Gasteiger partial charge >= 0.3 is 0 Å². The van der Waals surface area contributed by atoms with Gasteiger partial charge in [0.2, 0.25) is 5.28 Å². The monoisotopic (exact) mass is 365 g/mol. The summed E-state index contributed by atoms with van der Waals surface area (Å²) in [5.74, 6) is 1.60. The first-order valence-electron chi connectivity index (χ1n) is 7.99. The largest absolute Gasteiger partial charge is 0.490 e. The number of nitrogens with zero attached hydrogens (tertiary/aromatic N) is 4. The van der Waals surface area contributed by atoms with Gasteiger partial charge in [0.15, 0.2) is 11.0 Å². The Bertz CT molecular complexity index is 749. The second-order valence-electron chi connectivity index (χ2n) is 6.00. The number of rotatable bonds is 3. The number of nitrogens with one attached hydrogen (secondary N) is 1. The van der Waals surface area contributed by atoms with Crippen molar-refractivity contribution in [3.05, 3.63) is 39.8 Å². The van der Waals surface area contributed by atoms with Crippen molar-refractivity contribution in [3.63, 3.8) is 0 Å². The summed E-state index contributed by atoms with van der Waals surface area (Å²) in [4.78, 5) is 6.27. The van der Waals surface area contributed by atoms with Crippen molar-refractivity contribution in [3.8, 4) is 5.75 Å². The van der Waals surface area contributed by atoms with Gasteiger partial charge < -0.3 is 15.0 Å². The van der Waals surface area contributed by atoms with E-state index in [1.165, 1.54) is 11.1 Å². The zero-order chi connectivity index (χ0) is 16.5. The average molecular weight is 366 g/mol. The highest BCUT2D eigenvalue weighted by Crippen LogP contribution is 2.30. The van der Waals surface area contributed by atoms with Gasteiger partial charge in [-0.15, -0.1) is 10.2 Å². The van der Waals surface area contributed by atoms with E-state index in [-0.39, 0.29) is 16.5 Å². The van der Waals surface area contributed by atoms with Gasteiger partial charge in [-0.3, -0.25) is 0 Å². The maximum Gasteiger partial charge on any atom is 0.245 e. The van der Waals surface area contributed by atoms with Crippen LogP contribution in [0.4, 0.5) is 5.82 Å². The summed E-state index contributed by atoms with van der Waals surface area (Å²) in [6.07, 6.45) is 1.99. The van der Waals surface area contributed by atoms with Gasteiger partial charge in [-0.25, -0.2) is 0 Å². The summed E-state index contributed by atoms with van der Waals surface area (Å²) in [6, 6.07) is 6.27. The zero-order valence-corrected chi connectivity index (χ0v) is 14.5. The van der Waals surface area contributed by atoms with E-state index in [1.807, 2.05) is 0 Å². The molecular weight excluding hydrogens is 349 g/mol. The highest BCUT2D eigenvalue weighted by atomic mass is 35.5. The second kappa shape index (κ2) is 6.70. The summed E-state index contributed by atoms with van der Waals surface area (Å²) in [7, 11) is 0. The van der Waals surface area contributed by atoms with Crippen LogP contribution in [0, 0.1) is 0 Å². The van der Waals surface area contributed by atoms with E-state index in [2.05, 4.69) is 43.6 Å². The lowest BCUT2D eigenvalue weighted by molar-refractivity contribution is 0.169. The number of hydrogen-bond donors (Lipinski definition) is 1. The Morgan fingerprint density at radius 1 is 1.12 bits per heavy atom. The van der Waals surface area contributed by atoms with Crippen LogP contribution in [0.25, 0.3) is 0 Å². The van der Waals surface area contributed by atoms with E-state index >= 15 is 0 Å². The first kappa shape index (κ1) is 15.9. The van der Waals surface area contributed by atoms with Gasteiger partial charge in [0.25, 0.3) is 0 Å². The summed E-state index contributed by atoms with van der Waals surface area (Å²) < 4.78 is 6.26. The van der Waals surface area contributed by atoms with Crippen LogP contribution in [0.3, 0.4) is 0 Å². The van der Waals surface area contributed by atoms with Crippen molar-refractivity contribution in [2.45, 2.75) is 32.0 Å². The zero-order valence-electron chi connectivity index (χ0n) is 13.0. The summed E-state index contributed by atoms with van der Waals surface area (Å²) >= 11 is 11.9. The lowest BCUT2D eigenvalue weighted by atomic mass is 10.1. The molecule has 1 aromatic heterocycles. The van der Waals surface area contributed by atoms with E-state index < -0.39 is 0 Å². The third kappa shape index (κ3) is 3.14. The van der Waals surface area contributed by atoms with Gasteiger partial charge in [-0.1, -0.05) is 23.7 Å². The normalized spacial score (nSPS) is 17.8. The number of hydrogen-bond acceptors (Lipinski definition) is 6. The molecule has 2 aromatic rings. The number of piperidine rings is 1. The highest BCUT2D eigenvalue weighted by molar-refractivity contribution is 6.32. The molecule has 1 N–H and O–H groups in total. The predicted molar refractivity (Wildman–Crippen MR) is 92.7 cm³/mol. The number of ether oxygens (including phenoxy) is 1. The van der Waals surface area contributed by atoms with Crippen molar-refractivity contribution in [2.75, 3.05) is 18.0 Å². The molecule has 0 aliphatic carbocycles. The van der Waals surface area contributed by atoms with Gasteiger partial charge in [0, 0.05) is 44.6 Å². The van der Waals surface area contributed by atoms with Crippen molar-refractivity contribution in [2.24, 2.45) is 0 Å². The molecule has 0 spiro atoms. The molecule has 6 nitrogen and oxygen atoms in total. The van der Waals surface area contributed by atoms with Gasteiger partial charge in [0.05, 0.1) is 0 Å². The second-order valence-corrected chi connectivity index (χ2v) is 6.69. The first-order valence-corrected chi connectivity index (χ1v) is 8.75. The highest BCUT2D eigenvalue weighted by Gasteiger charge is 2.25. The van der Waals surface area contributed by atoms with E-state index in [4.69, 9.17) is 27.9 Å². The van der Waals surface area contributed by atoms with Crippen LogP contribution in [0.15, 0.2) is 18.2 Å². The molecule has 2 aliphatic heterocycles. The molecule has 1 saturated heterocycles. The van der Waals surface area contributed by atoms with Crippen LogP contribution in [0.2, 0.25) is 10.4 Å². The summed E-state index contributed by atoms with van der Waals surface area (Å²) in [6.45, 7) is 3.40. The Hall–Kier alpha value is -1.63. The summed E-state index contributed by atoms with van der Waals surface area (Å²) in [5.41, 5.74) is 2.62. The number of benzene rings is 1. The number of fused-ring (bicyclic) bond motifs is 1. The van der Waals surface area contributed by atoms with Crippen LogP contribution in [0.1, 0.15) is 24.0 Å². The molecular formula is C16H17Cl2N5O. The van der Waals surface area contributed by atoms with Crippen LogP contribution in [-0.4, -0.2) is 34.4 Å². The van der Waals surface area contributed by atoms with Crippen LogP contribution >= 0.6 is 23.2 Å². The van der Waals surface area contributed by atoms with E-state index in [1.54, 1.807) is 0 Å². The minimum Gasteiger partial charge on any atom is -0.490 e. The van der Waals surface area contributed by atoms with Gasteiger partial charge in [-0.05, 0) is 23.2 Å². The molecule has 4 rings (SSSR count). The standard InChI is InChI=1S/C16H17Cl2N5O/c17-14-15(20-16(18)22-21-14)23-6-4-11(5-7-23)24-13-3-1-2-10-8-19-9-12(10)13/h1-3,11,19H,4-9H2. The van der Waals surface area contributed by atoms with Crippen LogP contribution in [0.5, 0.6) is 5.75 Å². The van der Waals surface area contributed by atoms with Crippen molar-refractivity contribution in [1.29, 1.82) is 0 Å². The summed E-state index contributed by atoms with van der Waals surface area (Å²) in [5, 5.41) is 11.2. The van der Waals surface area contributed by atoms with Crippen molar-refractivity contribution in [1.82, 2.24) is 20.5 Å². The molecule has 8 heteroatoms. The topological polar surface area (TPSA) is 63.2 Å². The first-order chi connectivity index (χ1) is 11.7. The quantitative estimate of drug-likeness (QED) is 0.902. The molecule has 0 amide bonds. The van der Waals surface area contributed by atoms with Gasteiger partial charge in [-0.2, -0.15) is 4.98 Å². The Labute approximate surface area is 150 Å². The van der Waals surface area contributed by atoms with E-state index in [0.29, 0.717) is 5.82 Å². The lowest BCUT2D eigenvalue weighted by Gasteiger charge is -2.33. The van der Waals surface area contributed by atoms with Gasteiger partial charge in [0.1, 0.15) is 11.9 Å². The predicted octanol–water partition coefficient (Wildman–Crippen LogP) is 2.83. The number of anilines is 1. The fourth-order valence-corrected chi connectivity index (χ4v) is 3.58. The van der Waals surface area contributed by atoms with Crippen molar-refractivity contribution < 1.29 is 4.74 Å². The molecule has 1 aromatic carbocycles. The average Bonchev–Trinajstić information content (AvgIpc) is 3.08. The Morgan fingerprint density at radius 2 is 1.96 bits per heavy atom. The Morgan fingerprint density at radius 3 is 2.79 bits per heavy atom. The lowest BCUT2D eigenvalue weighted by Crippen LogP contribution is -2.39. The molecule has 2 aliphatic rings. The fraction of sp³-hybridized carbons (Fsp3) is 0.438.